The van der Waals surface area contributed by atoms with E-state index in [0.29, 0.717) is 0 Å². The first-order chi connectivity index (χ1) is 8.36. The van der Waals surface area contributed by atoms with Gasteiger partial charge in [-0.3, -0.25) is 0 Å². The fourth-order valence-corrected chi connectivity index (χ4v) is 1.82. The third-order valence-electron chi connectivity index (χ3n) is 2.55. The van der Waals surface area contributed by atoms with E-state index < -0.39 is 23.8 Å². The molecule has 2 atom stereocenters. The van der Waals surface area contributed by atoms with Crippen LogP contribution < -0.4 is 10.2 Å². The number of hydrogen-bond acceptors (Lipinski definition) is 6. The molecular weight excluding hydrogens is 240 g/mol. The summed E-state index contributed by atoms with van der Waals surface area (Å²) < 4.78 is 9.67. The predicted octanol–water partition coefficient (Wildman–Crippen LogP) is -1.65. The molecule has 0 spiro atoms. The minimum absolute atomic E-state index is 0.0831. The summed E-state index contributed by atoms with van der Waals surface area (Å²) in [5.74, 6) is -4.26. The van der Waals surface area contributed by atoms with Crippen LogP contribution in [0.25, 0.3) is 0 Å². The second-order valence-electron chi connectivity index (χ2n) is 4.12. The average molecular weight is 258 g/mol. The Hall–Kier alpha value is -1.40. The van der Waals surface area contributed by atoms with Gasteiger partial charge in [0, 0.05) is 26.1 Å². The van der Waals surface area contributed by atoms with Crippen LogP contribution in [0.1, 0.15) is 13.8 Å². The molecule has 0 rings (SSSR count). The Labute approximate surface area is 106 Å². The highest BCUT2D eigenvalue weighted by molar-refractivity contribution is 5.97. The maximum absolute atomic E-state index is 11.1. The van der Waals surface area contributed by atoms with Crippen LogP contribution in [0.4, 0.5) is 0 Å². The molecule has 0 saturated heterocycles. The van der Waals surface area contributed by atoms with Gasteiger partial charge in [0.2, 0.25) is 0 Å². The van der Waals surface area contributed by atoms with Crippen molar-refractivity contribution in [2.24, 2.45) is 11.8 Å². The Morgan fingerprint density at radius 1 is 0.889 bits per heavy atom. The lowest BCUT2D eigenvalue weighted by Crippen LogP contribution is -2.37. The lowest BCUT2D eigenvalue weighted by molar-refractivity contribution is -0.305. The maximum Gasteiger partial charge on any atom is 0.0681 e. The SMILES string of the molecule is COCC(C)/C(C(=O)[O-])=C(/C(=O)[O-])C(C)COC. The van der Waals surface area contributed by atoms with Crippen molar-refractivity contribution in [1.29, 1.82) is 0 Å². The first-order valence-electron chi connectivity index (χ1n) is 5.51. The molecule has 0 aromatic rings. The smallest absolute Gasteiger partial charge is 0.0681 e. The number of carboxylic acid groups (broad SMARTS) is 2. The van der Waals surface area contributed by atoms with Gasteiger partial charge in [0.1, 0.15) is 0 Å². The summed E-state index contributed by atoms with van der Waals surface area (Å²) in [7, 11) is 2.81. The fraction of sp³-hybridized carbons (Fsp3) is 0.667. The van der Waals surface area contributed by atoms with E-state index in [1.165, 1.54) is 14.2 Å². The summed E-state index contributed by atoms with van der Waals surface area (Å²) in [6.07, 6.45) is 0. The summed E-state index contributed by atoms with van der Waals surface area (Å²) in [5, 5.41) is 22.2. The highest BCUT2D eigenvalue weighted by atomic mass is 16.5. The lowest BCUT2D eigenvalue weighted by atomic mass is 9.89. The Kier molecular flexibility index (Phi) is 7.23. The van der Waals surface area contributed by atoms with E-state index in [1.54, 1.807) is 13.8 Å². The number of carbonyl (C=O) groups excluding carboxylic acids is 2. The molecule has 0 aliphatic rings. The van der Waals surface area contributed by atoms with Crippen LogP contribution in [0.5, 0.6) is 0 Å². The monoisotopic (exact) mass is 258 g/mol. The number of aliphatic carboxylic acids is 2. The number of carboxylic acids is 2. The highest BCUT2D eigenvalue weighted by Crippen LogP contribution is 2.22. The van der Waals surface area contributed by atoms with Crippen molar-refractivity contribution < 1.29 is 29.3 Å². The predicted molar refractivity (Wildman–Crippen MR) is 59.1 cm³/mol. The summed E-state index contributed by atoms with van der Waals surface area (Å²) in [4.78, 5) is 22.2. The average Bonchev–Trinajstić information content (AvgIpc) is 2.24. The molecule has 0 amide bonds. The van der Waals surface area contributed by atoms with Crippen molar-refractivity contribution in [1.82, 2.24) is 0 Å². The van der Waals surface area contributed by atoms with Gasteiger partial charge < -0.3 is 29.3 Å². The van der Waals surface area contributed by atoms with E-state index >= 15 is 0 Å². The van der Waals surface area contributed by atoms with Gasteiger partial charge in [-0.15, -0.1) is 0 Å². The zero-order valence-corrected chi connectivity index (χ0v) is 11.0. The van der Waals surface area contributed by atoms with Gasteiger partial charge in [-0.2, -0.15) is 0 Å². The van der Waals surface area contributed by atoms with Crippen molar-refractivity contribution in [2.45, 2.75) is 13.8 Å². The van der Waals surface area contributed by atoms with Crippen LogP contribution in [0.3, 0.4) is 0 Å². The van der Waals surface area contributed by atoms with Crippen LogP contribution in [-0.4, -0.2) is 39.4 Å². The zero-order valence-electron chi connectivity index (χ0n) is 11.0. The van der Waals surface area contributed by atoms with E-state index in [9.17, 15) is 19.8 Å². The second-order valence-corrected chi connectivity index (χ2v) is 4.12. The molecule has 0 fully saturated rings. The molecule has 18 heavy (non-hydrogen) atoms. The van der Waals surface area contributed by atoms with E-state index in [1.807, 2.05) is 0 Å². The molecule has 0 saturated carbocycles. The largest absolute Gasteiger partial charge is 0.545 e. The molecule has 104 valence electrons. The van der Waals surface area contributed by atoms with Gasteiger partial charge in [0.15, 0.2) is 0 Å². The molecule has 0 heterocycles. The zero-order chi connectivity index (χ0) is 14.3. The minimum Gasteiger partial charge on any atom is -0.545 e. The third kappa shape index (κ3) is 4.46. The number of carbonyl (C=O) groups is 2. The fourth-order valence-electron chi connectivity index (χ4n) is 1.82. The number of methoxy groups -OCH3 is 2. The summed E-state index contributed by atoms with van der Waals surface area (Å²) in [5.41, 5.74) is -0.609. The Bertz CT molecular complexity index is 301. The molecular formula is C12H18O6-2. The van der Waals surface area contributed by atoms with Crippen molar-refractivity contribution >= 4 is 11.9 Å². The van der Waals surface area contributed by atoms with Gasteiger partial charge in [-0.1, -0.05) is 13.8 Å². The van der Waals surface area contributed by atoms with E-state index in [2.05, 4.69) is 0 Å². The summed E-state index contributed by atoms with van der Waals surface area (Å²) >= 11 is 0. The van der Waals surface area contributed by atoms with Crippen molar-refractivity contribution in [3.05, 3.63) is 11.1 Å². The summed E-state index contributed by atoms with van der Waals surface area (Å²) in [6.45, 7) is 3.27. The first-order valence-corrected chi connectivity index (χ1v) is 5.51. The molecule has 0 aromatic carbocycles. The molecule has 0 N–H and O–H groups in total. The quantitative estimate of drug-likeness (QED) is 0.484. The molecule has 0 aliphatic heterocycles. The molecule has 0 bridgehead atoms. The number of ether oxygens (including phenoxy) is 2. The van der Waals surface area contributed by atoms with Crippen molar-refractivity contribution in [3.63, 3.8) is 0 Å². The summed E-state index contributed by atoms with van der Waals surface area (Å²) in [6, 6.07) is 0. The number of hydrogen-bond donors (Lipinski definition) is 0. The van der Waals surface area contributed by atoms with E-state index in [0.717, 1.165) is 0 Å². The van der Waals surface area contributed by atoms with Crippen LogP contribution in [0.2, 0.25) is 0 Å². The Balaban J connectivity index is 5.57. The maximum atomic E-state index is 11.1. The normalized spacial score (nSPS) is 15.8. The third-order valence-corrected chi connectivity index (χ3v) is 2.55. The van der Waals surface area contributed by atoms with Crippen molar-refractivity contribution in [3.8, 4) is 0 Å². The van der Waals surface area contributed by atoms with Gasteiger partial charge in [0.05, 0.1) is 25.2 Å². The minimum atomic E-state index is -1.53. The van der Waals surface area contributed by atoms with Crippen LogP contribution in [-0.2, 0) is 19.1 Å². The Morgan fingerprint density at radius 2 is 1.17 bits per heavy atom. The topological polar surface area (TPSA) is 98.7 Å². The Morgan fingerprint density at radius 3 is 1.33 bits per heavy atom. The molecule has 0 aromatic heterocycles. The molecule has 6 nitrogen and oxygen atoms in total. The molecule has 6 heteroatoms. The first kappa shape index (κ1) is 16.6. The standard InChI is InChI=1S/C12H20O6/c1-7(5-17-3)9(11(13)14)10(12(15)16)8(2)6-18-4/h7-8H,5-6H2,1-4H3,(H,13,14)(H,15,16)/p-2/b10-9-. The second kappa shape index (κ2) is 7.84. The van der Waals surface area contributed by atoms with Gasteiger partial charge in [-0.05, 0) is 11.1 Å². The van der Waals surface area contributed by atoms with Crippen molar-refractivity contribution in [2.75, 3.05) is 27.4 Å². The lowest BCUT2D eigenvalue weighted by Gasteiger charge is -2.25. The molecule has 0 aliphatic carbocycles. The van der Waals surface area contributed by atoms with Gasteiger partial charge in [-0.25, -0.2) is 0 Å². The highest BCUT2D eigenvalue weighted by Gasteiger charge is 2.21. The van der Waals surface area contributed by atoms with E-state index in [4.69, 9.17) is 9.47 Å². The molecule has 2 unspecified atom stereocenters. The van der Waals surface area contributed by atoms with Crippen LogP contribution >= 0.6 is 0 Å². The number of rotatable bonds is 8. The van der Waals surface area contributed by atoms with Gasteiger partial charge >= 0.3 is 0 Å². The molecule has 0 radical (unpaired) electrons. The van der Waals surface area contributed by atoms with Crippen LogP contribution in [0.15, 0.2) is 11.1 Å². The van der Waals surface area contributed by atoms with E-state index in [-0.39, 0.29) is 24.4 Å². The van der Waals surface area contributed by atoms with Gasteiger partial charge in [0.25, 0.3) is 0 Å². The van der Waals surface area contributed by atoms with Crippen LogP contribution in [0, 0.1) is 11.8 Å².